The van der Waals surface area contributed by atoms with Crippen LogP contribution < -0.4 is 0 Å². The molecule has 0 amide bonds. The van der Waals surface area contributed by atoms with E-state index in [0.717, 1.165) is 0 Å². The summed E-state index contributed by atoms with van der Waals surface area (Å²) in [5.74, 6) is -5.69. The third-order valence-electron chi connectivity index (χ3n) is 2.18. The van der Waals surface area contributed by atoms with Crippen LogP contribution in [0.2, 0.25) is 0 Å². The van der Waals surface area contributed by atoms with E-state index in [9.17, 15) is 13.6 Å². The zero-order valence-corrected chi connectivity index (χ0v) is 8.49. The van der Waals surface area contributed by atoms with Gasteiger partial charge in [0.15, 0.2) is 0 Å². The van der Waals surface area contributed by atoms with Crippen molar-refractivity contribution in [3.63, 3.8) is 0 Å². The summed E-state index contributed by atoms with van der Waals surface area (Å²) in [6, 6.07) is 6.26. The molecule has 0 saturated heterocycles. The highest BCUT2D eigenvalue weighted by atomic mass is 19.3. The number of carboxylic acids is 1. The van der Waals surface area contributed by atoms with Crippen molar-refractivity contribution in [2.45, 2.75) is 25.2 Å². The van der Waals surface area contributed by atoms with Gasteiger partial charge >= 0.3 is 11.9 Å². The molecule has 2 N–H and O–H groups in total. The molecule has 0 fully saturated rings. The normalized spacial score (nSPS) is 11.4. The van der Waals surface area contributed by atoms with Crippen LogP contribution in [0.15, 0.2) is 24.3 Å². The Balaban J connectivity index is 2.45. The van der Waals surface area contributed by atoms with Crippen molar-refractivity contribution in [1.82, 2.24) is 0 Å². The average molecular weight is 230 g/mol. The number of rotatable bonds is 5. The largest absolute Gasteiger partial charge is 0.508 e. The minimum Gasteiger partial charge on any atom is -0.508 e. The molecule has 0 heterocycles. The zero-order valence-electron chi connectivity index (χ0n) is 8.49. The van der Waals surface area contributed by atoms with Gasteiger partial charge in [0.25, 0.3) is 0 Å². The molecule has 0 unspecified atom stereocenters. The van der Waals surface area contributed by atoms with Gasteiger partial charge < -0.3 is 10.2 Å². The van der Waals surface area contributed by atoms with E-state index in [1.54, 1.807) is 12.1 Å². The molecule has 0 saturated carbocycles. The van der Waals surface area contributed by atoms with Gasteiger partial charge in [-0.1, -0.05) is 12.1 Å². The lowest BCUT2D eigenvalue weighted by Crippen LogP contribution is -2.27. The van der Waals surface area contributed by atoms with E-state index in [0.29, 0.717) is 12.0 Å². The highest BCUT2D eigenvalue weighted by Crippen LogP contribution is 2.22. The number of hydrogen-bond acceptors (Lipinski definition) is 2. The number of aromatic hydroxyl groups is 1. The van der Waals surface area contributed by atoms with Crippen molar-refractivity contribution in [1.29, 1.82) is 0 Å². The van der Waals surface area contributed by atoms with Crippen LogP contribution in [-0.2, 0) is 11.2 Å². The Labute approximate surface area is 91.3 Å². The van der Waals surface area contributed by atoms with Crippen LogP contribution in [0.1, 0.15) is 18.4 Å². The lowest BCUT2D eigenvalue weighted by Gasteiger charge is -2.10. The van der Waals surface area contributed by atoms with Gasteiger partial charge in [-0.05, 0) is 30.5 Å². The Bertz CT molecular complexity index is 377. The molecule has 1 aromatic rings. The number of carboxylic acid groups (broad SMARTS) is 1. The molecule has 0 spiro atoms. The van der Waals surface area contributed by atoms with Gasteiger partial charge in [-0.2, -0.15) is 8.78 Å². The van der Waals surface area contributed by atoms with Crippen LogP contribution >= 0.6 is 0 Å². The second-order valence-corrected chi connectivity index (χ2v) is 3.53. The number of carbonyl (C=O) groups is 1. The second kappa shape index (κ2) is 4.92. The summed E-state index contributed by atoms with van der Waals surface area (Å²) < 4.78 is 25.4. The van der Waals surface area contributed by atoms with E-state index in [2.05, 4.69) is 0 Å². The van der Waals surface area contributed by atoms with Gasteiger partial charge in [-0.15, -0.1) is 0 Å². The second-order valence-electron chi connectivity index (χ2n) is 3.53. The maximum atomic E-state index is 12.7. The fourth-order valence-electron chi connectivity index (χ4n) is 1.33. The van der Waals surface area contributed by atoms with Crippen LogP contribution in [0, 0.1) is 0 Å². The monoisotopic (exact) mass is 230 g/mol. The van der Waals surface area contributed by atoms with E-state index in [1.807, 2.05) is 0 Å². The van der Waals surface area contributed by atoms with Crippen molar-refractivity contribution in [3.8, 4) is 5.75 Å². The molecule has 0 atom stereocenters. The van der Waals surface area contributed by atoms with Crippen LogP contribution in [-0.4, -0.2) is 22.1 Å². The summed E-state index contributed by atoms with van der Waals surface area (Å²) in [6.07, 6.45) is -0.321. The van der Waals surface area contributed by atoms with Gasteiger partial charge in [-0.25, -0.2) is 4.79 Å². The van der Waals surface area contributed by atoms with E-state index >= 15 is 0 Å². The van der Waals surface area contributed by atoms with E-state index in [-0.39, 0.29) is 12.2 Å². The Kier molecular flexibility index (Phi) is 3.82. The Hall–Kier alpha value is -1.65. The number of phenolic OH excluding ortho intramolecular Hbond substituents is 1. The van der Waals surface area contributed by atoms with Crippen molar-refractivity contribution < 1.29 is 23.8 Å². The van der Waals surface area contributed by atoms with Crippen LogP contribution in [0.5, 0.6) is 5.75 Å². The minimum absolute atomic E-state index is 0.0583. The molecule has 0 radical (unpaired) electrons. The summed E-state index contributed by atoms with van der Waals surface area (Å²) >= 11 is 0. The SMILES string of the molecule is O=C(O)C(F)(F)CCCc1cccc(O)c1. The quantitative estimate of drug-likeness (QED) is 0.816. The molecular weight excluding hydrogens is 218 g/mol. The van der Waals surface area contributed by atoms with Crippen LogP contribution in [0.3, 0.4) is 0 Å². The number of alkyl halides is 2. The number of aryl methyl sites for hydroxylation is 1. The number of aliphatic carboxylic acids is 1. The molecule has 16 heavy (non-hydrogen) atoms. The van der Waals surface area contributed by atoms with Gasteiger partial charge in [-0.3, -0.25) is 0 Å². The fraction of sp³-hybridized carbons (Fsp3) is 0.364. The van der Waals surface area contributed by atoms with Crippen molar-refractivity contribution in [2.24, 2.45) is 0 Å². The standard InChI is InChI=1S/C11H12F2O3/c12-11(13,10(15)16)6-2-4-8-3-1-5-9(14)7-8/h1,3,5,7,14H,2,4,6H2,(H,15,16). The summed E-state index contributed by atoms with van der Waals surface area (Å²) in [4.78, 5) is 10.1. The summed E-state index contributed by atoms with van der Waals surface area (Å²) in [7, 11) is 0. The van der Waals surface area contributed by atoms with E-state index in [1.165, 1.54) is 12.1 Å². The fourth-order valence-corrected chi connectivity index (χ4v) is 1.33. The van der Waals surface area contributed by atoms with Gasteiger partial charge in [0.05, 0.1) is 0 Å². The molecule has 88 valence electrons. The van der Waals surface area contributed by atoms with Gasteiger partial charge in [0.1, 0.15) is 5.75 Å². The highest BCUT2D eigenvalue weighted by Gasteiger charge is 2.37. The zero-order chi connectivity index (χ0) is 12.2. The highest BCUT2D eigenvalue weighted by molar-refractivity contribution is 5.75. The summed E-state index contributed by atoms with van der Waals surface area (Å²) in [5, 5.41) is 17.3. The molecule has 0 aromatic heterocycles. The first kappa shape index (κ1) is 12.4. The molecular formula is C11H12F2O3. The molecule has 0 bridgehead atoms. The lowest BCUT2D eigenvalue weighted by atomic mass is 10.1. The average Bonchev–Trinajstić information content (AvgIpc) is 2.17. The maximum Gasteiger partial charge on any atom is 0.374 e. The van der Waals surface area contributed by atoms with Gasteiger partial charge in [0, 0.05) is 6.42 Å². The Morgan fingerprint density at radius 1 is 1.38 bits per heavy atom. The van der Waals surface area contributed by atoms with Crippen molar-refractivity contribution in [2.75, 3.05) is 0 Å². The predicted molar refractivity (Wildman–Crippen MR) is 53.6 cm³/mol. The molecule has 1 aromatic carbocycles. The molecule has 0 aliphatic rings. The first-order valence-corrected chi connectivity index (χ1v) is 4.81. The molecule has 3 nitrogen and oxygen atoms in total. The molecule has 0 aliphatic carbocycles. The molecule has 5 heteroatoms. The molecule has 0 aliphatic heterocycles. The first-order valence-electron chi connectivity index (χ1n) is 4.81. The third kappa shape index (κ3) is 3.49. The third-order valence-corrected chi connectivity index (χ3v) is 2.18. The van der Waals surface area contributed by atoms with E-state index in [4.69, 9.17) is 10.2 Å². The Morgan fingerprint density at radius 3 is 2.62 bits per heavy atom. The number of halogens is 2. The maximum absolute atomic E-state index is 12.7. The number of benzene rings is 1. The molecule has 1 rings (SSSR count). The van der Waals surface area contributed by atoms with Crippen molar-refractivity contribution in [3.05, 3.63) is 29.8 Å². The first-order chi connectivity index (χ1) is 7.42. The van der Waals surface area contributed by atoms with E-state index < -0.39 is 18.3 Å². The minimum atomic E-state index is -3.67. The van der Waals surface area contributed by atoms with Crippen LogP contribution in [0.4, 0.5) is 8.78 Å². The summed E-state index contributed by atoms with van der Waals surface area (Å²) in [5.41, 5.74) is 0.709. The summed E-state index contributed by atoms with van der Waals surface area (Å²) in [6.45, 7) is 0. The van der Waals surface area contributed by atoms with Crippen molar-refractivity contribution >= 4 is 5.97 Å². The van der Waals surface area contributed by atoms with Crippen LogP contribution in [0.25, 0.3) is 0 Å². The van der Waals surface area contributed by atoms with Gasteiger partial charge in [0.2, 0.25) is 0 Å². The smallest absolute Gasteiger partial charge is 0.374 e. The lowest BCUT2D eigenvalue weighted by molar-refractivity contribution is -0.165. The predicted octanol–water partition coefficient (Wildman–Crippen LogP) is 2.43. The number of phenols is 1. The Morgan fingerprint density at radius 2 is 2.06 bits per heavy atom. The number of hydrogen-bond donors (Lipinski definition) is 2. The topological polar surface area (TPSA) is 57.5 Å².